The van der Waals surface area contributed by atoms with E-state index in [0.717, 1.165) is 0 Å². The molecule has 0 aromatic rings. The van der Waals surface area contributed by atoms with E-state index in [1.807, 2.05) is 0 Å². The van der Waals surface area contributed by atoms with Gasteiger partial charge in [0.1, 0.15) is 5.76 Å². The third-order valence-corrected chi connectivity index (χ3v) is 3.58. The monoisotopic (exact) mass is 248 g/mol. The van der Waals surface area contributed by atoms with Crippen LogP contribution in [0.4, 0.5) is 0 Å². The molecule has 0 amide bonds. The highest BCUT2D eigenvalue weighted by Crippen LogP contribution is 2.52. The van der Waals surface area contributed by atoms with Gasteiger partial charge in [0.25, 0.3) is 0 Å². The number of hydrogen-bond acceptors (Lipinski definition) is 5. The van der Waals surface area contributed by atoms with Crippen LogP contribution in [0.3, 0.4) is 0 Å². The first-order valence-electron chi connectivity index (χ1n) is 5.41. The molecule has 0 saturated carbocycles. The number of carbonyl (C=O) groups is 1. The predicted molar refractivity (Wildman–Crippen MR) is 58.9 cm³/mol. The molecule has 1 aliphatic carbocycles. The highest BCUT2D eigenvalue weighted by atomic mass is 31.2. The number of phosphoric ester groups is 1. The molecule has 16 heavy (non-hydrogen) atoms. The maximum Gasteiger partial charge on any atom is 0.529 e. The van der Waals surface area contributed by atoms with Gasteiger partial charge in [-0.2, -0.15) is 0 Å². The number of carbonyl (C=O) groups excluding carboxylic acids is 1. The summed E-state index contributed by atoms with van der Waals surface area (Å²) >= 11 is 0. The Labute approximate surface area is 95.4 Å². The van der Waals surface area contributed by atoms with Gasteiger partial charge >= 0.3 is 7.82 Å². The van der Waals surface area contributed by atoms with Crippen molar-refractivity contribution in [2.45, 2.75) is 33.1 Å². The van der Waals surface area contributed by atoms with E-state index in [1.54, 1.807) is 13.8 Å². The Morgan fingerprint density at radius 2 is 1.88 bits per heavy atom. The Morgan fingerprint density at radius 3 is 2.38 bits per heavy atom. The third-order valence-electron chi connectivity index (χ3n) is 1.97. The summed E-state index contributed by atoms with van der Waals surface area (Å²) in [6.45, 7) is 3.88. The summed E-state index contributed by atoms with van der Waals surface area (Å²) in [5.74, 6) is 0.377. The quantitative estimate of drug-likeness (QED) is 0.676. The summed E-state index contributed by atoms with van der Waals surface area (Å²) in [5, 5.41) is 0. The molecule has 0 heterocycles. The van der Waals surface area contributed by atoms with Crippen LogP contribution in [0.15, 0.2) is 11.8 Å². The smallest absolute Gasteiger partial charge is 0.408 e. The van der Waals surface area contributed by atoms with E-state index in [-0.39, 0.29) is 19.0 Å². The van der Waals surface area contributed by atoms with E-state index in [0.29, 0.717) is 25.0 Å². The average molecular weight is 248 g/mol. The lowest BCUT2D eigenvalue weighted by molar-refractivity contribution is -0.115. The molecule has 0 aromatic carbocycles. The number of ketones is 1. The van der Waals surface area contributed by atoms with Crippen LogP contribution in [-0.2, 0) is 22.9 Å². The molecule has 1 rings (SSSR count). The minimum atomic E-state index is -3.53. The normalized spacial score (nSPS) is 17.1. The van der Waals surface area contributed by atoms with E-state index < -0.39 is 7.82 Å². The number of hydrogen-bond donors (Lipinski definition) is 0. The summed E-state index contributed by atoms with van der Waals surface area (Å²) in [4.78, 5) is 11.1. The molecule has 6 heteroatoms. The van der Waals surface area contributed by atoms with Crippen molar-refractivity contribution in [2.24, 2.45) is 0 Å². The van der Waals surface area contributed by atoms with Crippen molar-refractivity contribution in [1.82, 2.24) is 0 Å². The van der Waals surface area contributed by atoms with Crippen LogP contribution >= 0.6 is 7.82 Å². The summed E-state index contributed by atoms with van der Waals surface area (Å²) < 4.78 is 27.1. The summed E-state index contributed by atoms with van der Waals surface area (Å²) in [6, 6.07) is 0. The molecule has 0 atom stereocenters. The molecule has 0 fully saturated rings. The minimum absolute atomic E-state index is 0.0132. The van der Waals surface area contributed by atoms with Gasteiger partial charge in [-0.05, 0) is 20.3 Å². The molecule has 0 saturated heterocycles. The second-order valence-corrected chi connectivity index (χ2v) is 4.90. The van der Waals surface area contributed by atoms with Gasteiger partial charge in [0.2, 0.25) is 0 Å². The largest absolute Gasteiger partial charge is 0.529 e. The molecule has 0 N–H and O–H groups in total. The summed E-state index contributed by atoms with van der Waals surface area (Å²) in [7, 11) is -3.53. The van der Waals surface area contributed by atoms with Gasteiger partial charge in [-0.25, -0.2) is 4.57 Å². The molecular formula is C10H17O5P. The maximum atomic E-state index is 12.0. The van der Waals surface area contributed by atoms with Crippen molar-refractivity contribution in [3.8, 4) is 0 Å². The summed E-state index contributed by atoms with van der Waals surface area (Å²) in [6.07, 6.45) is 3.19. The van der Waals surface area contributed by atoms with Gasteiger partial charge in [-0.3, -0.25) is 13.8 Å². The van der Waals surface area contributed by atoms with Crippen LogP contribution in [0.25, 0.3) is 0 Å². The topological polar surface area (TPSA) is 61.8 Å². The van der Waals surface area contributed by atoms with Crippen LogP contribution in [0.1, 0.15) is 33.1 Å². The lowest BCUT2D eigenvalue weighted by Crippen LogP contribution is -2.07. The molecule has 1 aliphatic rings. The van der Waals surface area contributed by atoms with E-state index in [1.165, 1.54) is 6.08 Å². The van der Waals surface area contributed by atoms with Gasteiger partial charge in [0, 0.05) is 18.9 Å². The van der Waals surface area contributed by atoms with Crippen molar-refractivity contribution in [2.75, 3.05) is 13.2 Å². The van der Waals surface area contributed by atoms with Gasteiger partial charge in [0.05, 0.1) is 13.2 Å². The van der Waals surface area contributed by atoms with Crippen LogP contribution in [0, 0.1) is 0 Å². The Hall–Kier alpha value is -0.640. The second-order valence-electron chi connectivity index (χ2n) is 3.30. The fraction of sp³-hybridized carbons (Fsp3) is 0.700. The first kappa shape index (κ1) is 13.4. The zero-order valence-corrected chi connectivity index (χ0v) is 10.5. The van der Waals surface area contributed by atoms with Crippen molar-refractivity contribution < 1.29 is 22.9 Å². The molecular weight excluding hydrogens is 231 g/mol. The van der Waals surface area contributed by atoms with Gasteiger partial charge in [0.15, 0.2) is 5.78 Å². The highest BCUT2D eigenvalue weighted by molar-refractivity contribution is 7.48. The van der Waals surface area contributed by atoms with Crippen molar-refractivity contribution in [3.05, 3.63) is 11.8 Å². The molecule has 5 nitrogen and oxygen atoms in total. The number of rotatable bonds is 6. The Balaban J connectivity index is 2.67. The van der Waals surface area contributed by atoms with Gasteiger partial charge in [-0.1, -0.05) is 0 Å². The fourth-order valence-electron chi connectivity index (χ4n) is 1.38. The second kappa shape index (κ2) is 6.18. The molecule has 0 unspecified atom stereocenters. The van der Waals surface area contributed by atoms with Crippen molar-refractivity contribution >= 4 is 13.6 Å². The molecule has 0 aromatic heterocycles. The Bertz CT molecular complexity index is 313. The minimum Gasteiger partial charge on any atom is -0.408 e. The van der Waals surface area contributed by atoms with E-state index >= 15 is 0 Å². The first-order chi connectivity index (χ1) is 7.59. The fourth-order valence-corrected chi connectivity index (χ4v) is 2.63. The predicted octanol–water partition coefficient (Wildman–Crippen LogP) is 2.82. The maximum absolute atomic E-state index is 12.0. The zero-order valence-electron chi connectivity index (χ0n) is 9.60. The highest BCUT2D eigenvalue weighted by Gasteiger charge is 2.29. The number of phosphoric acid groups is 1. The zero-order chi connectivity index (χ0) is 12.0. The molecule has 0 aliphatic heterocycles. The standard InChI is InChI=1S/C10H17O5P/c1-3-13-16(12,14-4-2)15-10-7-5-6-9(11)8-10/h8H,3-7H2,1-2H3. The molecule has 0 bridgehead atoms. The number of allylic oxidation sites excluding steroid dienone is 2. The SMILES string of the molecule is CCOP(=O)(OCC)OC1=CC(=O)CCC1. The molecule has 92 valence electrons. The molecule has 0 radical (unpaired) electrons. The van der Waals surface area contributed by atoms with Crippen LogP contribution < -0.4 is 0 Å². The van der Waals surface area contributed by atoms with Gasteiger partial charge < -0.3 is 4.52 Å². The van der Waals surface area contributed by atoms with Crippen molar-refractivity contribution in [1.29, 1.82) is 0 Å². The Kier molecular flexibility index (Phi) is 5.19. The van der Waals surface area contributed by atoms with E-state index in [9.17, 15) is 9.36 Å². The van der Waals surface area contributed by atoms with Crippen LogP contribution in [0.5, 0.6) is 0 Å². The van der Waals surface area contributed by atoms with E-state index in [4.69, 9.17) is 13.6 Å². The first-order valence-corrected chi connectivity index (χ1v) is 6.88. The average Bonchev–Trinajstić information content (AvgIpc) is 2.17. The third kappa shape index (κ3) is 4.08. The van der Waals surface area contributed by atoms with Crippen LogP contribution in [-0.4, -0.2) is 19.0 Å². The van der Waals surface area contributed by atoms with Crippen LogP contribution in [0.2, 0.25) is 0 Å². The van der Waals surface area contributed by atoms with E-state index in [2.05, 4.69) is 0 Å². The molecule has 0 spiro atoms. The van der Waals surface area contributed by atoms with Gasteiger partial charge in [-0.15, -0.1) is 0 Å². The summed E-state index contributed by atoms with van der Waals surface area (Å²) in [5.41, 5.74) is 0. The van der Waals surface area contributed by atoms with Crippen molar-refractivity contribution in [3.63, 3.8) is 0 Å². The lowest BCUT2D eigenvalue weighted by atomic mass is 10.1. The Morgan fingerprint density at radius 1 is 1.25 bits per heavy atom. The lowest BCUT2D eigenvalue weighted by Gasteiger charge is -2.20.